The van der Waals surface area contributed by atoms with E-state index in [4.69, 9.17) is 9.15 Å². The first-order valence-electron chi connectivity index (χ1n) is 8.27. The first-order chi connectivity index (χ1) is 13.0. The molecule has 3 rings (SSSR count). The first kappa shape index (κ1) is 18.1. The third-order valence-corrected chi connectivity index (χ3v) is 3.73. The van der Waals surface area contributed by atoms with Gasteiger partial charge in [0.2, 0.25) is 5.78 Å². The fraction of sp³-hybridized carbons (Fsp3) is 0.158. The second kappa shape index (κ2) is 8.13. The summed E-state index contributed by atoms with van der Waals surface area (Å²) in [5.41, 5.74) is 0.377. The van der Waals surface area contributed by atoms with Crippen LogP contribution in [0.2, 0.25) is 0 Å². The highest BCUT2D eigenvalue weighted by Crippen LogP contribution is 2.19. The summed E-state index contributed by atoms with van der Waals surface area (Å²) in [5.74, 6) is 1.37. The molecule has 0 unspecified atom stereocenters. The number of rotatable bonds is 8. The van der Waals surface area contributed by atoms with Gasteiger partial charge in [-0.3, -0.25) is 19.6 Å². The summed E-state index contributed by atoms with van der Waals surface area (Å²) >= 11 is 0. The van der Waals surface area contributed by atoms with Gasteiger partial charge in [0.25, 0.3) is 5.69 Å². The second-order valence-electron chi connectivity index (χ2n) is 5.60. The number of furan rings is 1. The van der Waals surface area contributed by atoms with Gasteiger partial charge in [0.05, 0.1) is 4.92 Å². The summed E-state index contributed by atoms with van der Waals surface area (Å²) in [6, 6.07) is 10.9. The van der Waals surface area contributed by atoms with Gasteiger partial charge < -0.3 is 9.15 Å². The van der Waals surface area contributed by atoms with Crippen LogP contribution in [0.5, 0.6) is 5.75 Å². The van der Waals surface area contributed by atoms with Crippen molar-refractivity contribution in [2.24, 2.45) is 0 Å². The summed E-state index contributed by atoms with van der Waals surface area (Å²) in [6.07, 6.45) is 4.73. The van der Waals surface area contributed by atoms with Crippen LogP contribution >= 0.6 is 0 Å². The number of hydrogen-bond donors (Lipinski definition) is 0. The zero-order valence-corrected chi connectivity index (χ0v) is 14.6. The maximum absolute atomic E-state index is 12.1. The standard InChI is InChI=1S/C19H17N3O5/c1-2-21-12-11-18(20-21)19(23)10-9-16-7-8-17(27-16)13-26-15-5-3-14(4-6-15)22(24)25/h3-12H,2,13H2,1H3/b10-9+. The number of allylic oxidation sites excluding steroid dienone is 1. The molecule has 0 fully saturated rings. The Labute approximate surface area is 154 Å². The lowest BCUT2D eigenvalue weighted by molar-refractivity contribution is -0.384. The molecule has 2 aromatic heterocycles. The molecular formula is C19H17N3O5. The molecule has 0 saturated heterocycles. The van der Waals surface area contributed by atoms with Crippen molar-refractivity contribution in [3.8, 4) is 5.75 Å². The molecule has 8 heteroatoms. The largest absolute Gasteiger partial charge is 0.486 e. The Morgan fingerprint density at radius 3 is 2.70 bits per heavy atom. The number of aryl methyl sites for hydroxylation is 1. The molecule has 0 amide bonds. The number of aromatic nitrogens is 2. The molecule has 0 aliphatic rings. The fourth-order valence-corrected chi connectivity index (χ4v) is 2.29. The molecule has 0 spiro atoms. The van der Waals surface area contributed by atoms with E-state index in [9.17, 15) is 14.9 Å². The number of nitro benzene ring substituents is 1. The fourth-order valence-electron chi connectivity index (χ4n) is 2.29. The van der Waals surface area contributed by atoms with E-state index in [1.54, 1.807) is 35.2 Å². The Morgan fingerprint density at radius 1 is 1.26 bits per heavy atom. The molecule has 0 N–H and O–H groups in total. The van der Waals surface area contributed by atoms with E-state index in [0.29, 0.717) is 29.5 Å². The van der Waals surface area contributed by atoms with Crippen LogP contribution in [0.15, 0.2) is 59.2 Å². The van der Waals surface area contributed by atoms with Crippen LogP contribution < -0.4 is 4.74 Å². The van der Waals surface area contributed by atoms with Crippen molar-refractivity contribution in [1.29, 1.82) is 0 Å². The Bertz CT molecular complexity index is 969. The Kier molecular flexibility index (Phi) is 5.46. The van der Waals surface area contributed by atoms with Crippen molar-refractivity contribution in [2.75, 3.05) is 0 Å². The van der Waals surface area contributed by atoms with Crippen molar-refractivity contribution in [1.82, 2.24) is 9.78 Å². The lowest BCUT2D eigenvalue weighted by atomic mass is 10.2. The second-order valence-corrected chi connectivity index (χ2v) is 5.60. The lowest BCUT2D eigenvalue weighted by Crippen LogP contribution is -1.99. The minimum Gasteiger partial charge on any atom is -0.486 e. The van der Waals surface area contributed by atoms with Gasteiger partial charge in [0.1, 0.15) is 29.6 Å². The Balaban J connectivity index is 1.56. The number of non-ortho nitro benzene ring substituents is 1. The van der Waals surface area contributed by atoms with Crippen LogP contribution in [-0.4, -0.2) is 20.5 Å². The van der Waals surface area contributed by atoms with E-state index in [2.05, 4.69) is 5.10 Å². The van der Waals surface area contributed by atoms with Gasteiger partial charge in [-0.05, 0) is 49.4 Å². The number of ether oxygens (including phenoxy) is 1. The highest BCUT2D eigenvalue weighted by Gasteiger charge is 2.08. The zero-order valence-electron chi connectivity index (χ0n) is 14.6. The van der Waals surface area contributed by atoms with Crippen LogP contribution in [0.3, 0.4) is 0 Å². The summed E-state index contributed by atoms with van der Waals surface area (Å²) in [7, 11) is 0. The highest BCUT2D eigenvalue weighted by atomic mass is 16.6. The van der Waals surface area contributed by atoms with E-state index >= 15 is 0 Å². The molecule has 138 valence electrons. The SMILES string of the molecule is CCn1ccc(C(=O)/C=C/c2ccc(COc3ccc([N+](=O)[O-])cc3)o2)n1. The number of nitrogens with zero attached hydrogens (tertiary/aromatic N) is 3. The van der Waals surface area contributed by atoms with Crippen molar-refractivity contribution < 1.29 is 18.9 Å². The summed E-state index contributed by atoms with van der Waals surface area (Å²) in [5, 5.41) is 14.8. The molecule has 0 bridgehead atoms. The van der Waals surface area contributed by atoms with Crippen LogP contribution in [0, 0.1) is 10.1 Å². The van der Waals surface area contributed by atoms with Crippen molar-refractivity contribution >= 4 is 17.5 Å². The third kappa shape index (κ3) is 4.69. The maximum atomic E-state index is 12.1. The normalized spacial score (nSPS) is 11.0. The number of carbonyl (C=O) groups is 1. The Hall–Kier alpha value is -3.68. The van der Waals surface area contributed by atoms with Crippen LogP contribution in [0.4, 0.5) is 5.69 Å². The van der Waals surface area contributed by atoms with E-state index in [1.807, 2.05) is 6.92 Å². The number of benzene rings is 1. The molecule has 0 atom stereocenters. The molecular weight excluding hydrogens is 350 g/mol. The van der Waals surface area contributed by atoms with E-state index < -0.39 is 4.92 Å². The molecule has 27 heavy (non-hydrogen) atoms. The molecule has 0 saturated carbocycles. The highest BCUT2D eigenvalue weighted by molar-refractivity contribution is 6.05. The van der Waals surface area contributed by atoms with Gasteiger partial charge in [0, 0.05) is 24.9 Å². The zero-order chi connectivity index (χ0) is 19.2. The monoisotopic (exact) mass is 367 g/mol. The number of nitro groups is 1. The van der Waals surface area contributed by atoms with Crippen molar-refractivity contribution in [3.63, 3.8) is 0 Å². The van der Waals surface area contributed by atoms with E-state index in [-0.39, 0.29) is 18.1 Å². The number of ketones is 1. The predicted octanol–water partition coefficient (Wildman–Crippen LogP) is 3.88. The average molecular weight is 367 g/mol. The molecule has 3 aromatic rings. The molecule has 0 aliphatic carbocycles. The van der Waals surface area contributed by atoms with E-state index in [1.165, 1.54) is 30.3 Å². The summed E-state index contributed by atoms with van der Waals surface area (Å²) < 4.78 is 12.8. The van der Waals surface area contributed by atoms with Crippen LogP contribution in [0.1, 0.15) is 28.9 Å². The van der Waals surface area contributed by atoms with Crippen LogP contribution in [-0.2, 0) is 13.2 Å². The van der Waals surface area contributed by atoms with Gasteiger partial charge in [0.15, 0.2) is 0 Å². The Morgan fingerprint density at radius 2 is 2.04 bits per heavy atom. The molecule has 0 radical (unpaired) electrons. The minimum atomic E-state index is -0.469. The van der Waals surface area contributed by atoms with Crippen molar-refractivity contribution in [2.45, 2.75) is 20.1 Å². The minimum absolute atomic E-state index is 0.00112. The quantitative estimate of drug-likeness (QED) is 0.259. The van der Waals surface area contributed by atoms with Gasteiger partial charge in [-0.15, -0.1) is 0 Å². The molecule has 8 nitrogen and oxygen atoms in total. The summed E-state index contributed by atoms with van der Waals surface area (Å²) in [4.78, 5) is 22.2. The summed E-state index contributed by atoms with van der Waals surface area (Å²) in [6.45, 7) is 2.81. The van der Waals surface area contributed by atoms with Crippen LogP contribution in [0.25, 0.3) is 6.08 Å². The van der Waals surface area contributed by atoms with Crippen molar-refractivity contribution in [3.05, 3.63) is 82.1 Å². The smallest absolute Gasteiger partial charge is 0.269 e. The van der Waals surface area contributed by atoms with Gasteiger partial charge >= 0.3 is 0 Å². The third-order valence-electron chi connectivity index (χ3n) is 3.73. The lowest BCUT2D eigenvalue weighted by Gasteiger charge is -2.03. The molecule has 2 heterocycles. The predicted molar refractivity (Wildman–Crippen MR) is 97.4 cm³/mol. The van der Waals surface area contributed by atoms with Gasteiger partial charge in [-0.2, -0.15) is 5.10 Å². The van der Waals surface area contributed by atoms with E-state index in [0.717, 1.165) is 0 Å². The van der Waals surface area contributed by atoms with Gasteiger partial charge in [-0.25, -0.2) is 0 Å². The first-order valence-corrected chi connectivity index (χ1v) is 8.27. The van der Waals surface area contributed by atoms with Gasteiger partial charge in [-0.1, -0.05) is 0 Å². The maximum Gasteiger partial charge on any atom is 0.269 e. The average Bonchev–Trinajstić information content (AvgIpc) is 3.34. The topological polar surface area (TPSA) is 100 Å². The number of hydrogen-bond acceptors (Lipinski definition) is 6. The molecule has 1 aromatic carbocycles. The number of carbonyl (C=O) groups excluding carboxylic acids is 1. The molecule has 0 aliphatic heterocycles.